The van der Waals surface area contributed by atoms with Crippen LogP contribution in [0.3, 0.4) is 0 Å². The summed E-state index contributed by atoms with van der Waals surface area (Å²) in [4.78, 5) is -0.0188. The molecule has 2 aromatic carbocycles. The van der Waals surface area contributed by atoms with E-state index in [-0.39, 0.29) is 14.9 Å². The molecule has 112 valence electrons. The number of benzene rings is 2. The smallest absolute Gasteiger partial charge is 0.261 e. The molecule has 0 aliphatic heterocycles. The van der Waals surface area contributed by atoms with Crippen molar-refractivity contribution in [1.82, 2.24) is 0 Å². The Morgan fingerprint density at radius 3 is 2.33 bits per heavy atom. The van der Waals surface area contributed by atoms with Crippen molar-refractivity contribution in [2.75, 3.05) is 0 Å². The zero-order valence-corrected chi connectivity index (χ0v) is 13.3. The Morgan fingerprint density at radius 1 is 1.10 bits per heavy atom. The van der Waals surface area contributed by atoms with E-state index in [4.69, 9.17) is 4.18 Å². The summed E-state index contributed by atoms with van der Waals surface area (Å²) >= 11 is 2.75. The van der Waals surface area contributed by atoms with Crippen LogP contribution in [0.15, 0.2) is 45.8 Å². The van der Waals surface area contributed by atoms with Gasteiger partial charge in [0.05, 0.1) is 16.0 Å². The van der Waals surface area contributed by atoms with Gasteiger partial charge in [-0.3, -0.25) is 4.18 Å². The normalized spacial score (nSPS) is 11.6. The van der Waals surface area contributed by atoms with Crippen molar-refractivity contribution in [3.8, 4) is 0 Å². The van der Waals surface area contributed by atoms with Crippen molar-refractivity contribution in [2.24, 2.45) is 0 Å². The molecule has 0 aromatic heterocycles. The van der Waals surface area contributed by atoms with Gasteiger partial charge in [-0.25, -0.2) is 8.78 Å². The first-order chi connectivity index (χ1) is 9.81. The summed E-state index contributed by atoms with van der Waals surface area (Å²) < 4.78 is 55.2. The molecule has 0 spiro atoms. The molecule has 0 atom stereocenters. The molecule has 0 saturated carbocycles. The summed E-state index contributed by atoms with van der Waals surface area (Å²) in [5, 5.41) is 0. The fourth-order valence-electron chi connectivity index (χ4n) is 1.59. The van der Waals surface area contributed by atoms with E-state index in [9.17, 15) is 17.2 Å². The first kappa shape index (κ1) is 16.1. The molecule has 0 heterocycles. The quantitative estimate of drug-likeness (QED) is 0.599. The summed E-state index contributed by atoms with van der Waals surface area (Å²) in [6.07, 6.45) is 0. The van der Waals surface area contributed by atoms with Crippen molar-refractivity contribution in [1.29, 1.82) is 0 Å². The average Bonchev–Trinajstić information content (AvgIpc) is 2.44. The Labute approximate surface area is 129 Å². The number of rotatable bonds is 4. The van der Waals surface area contributed by atoms with Gasteiger partial charge >= 0.3 is 0 Å². The van der Waals surface area contributed by atoms with Gasteiger partial charge in [-0.05, 0) is 41.1 Å². The van der Waals surface area contributed by atoms with Gasteiger partial charge < -0.3 is 0 Å². The second kappa shape index (κ2) is 6.21. The third kappa shape index (κ3) is 3.66. The van der Waals surface area contributed by atoms with Gasteiger partial charge in [-0.2, -0.15) is 8.42 Å². The van der Waals surface area contributed by atoms with Crippen molar-refractivity contribution in [2.45, 2.75) is 18.4 Å². The predicted octanol–water partition coefficient (Wildman–Crippen LogP) is 3.94. The van der Waals surface area contributed by atoms with Gasteiger partial charge in [0.15, 0.2) is 0 Å². The van der Waals surface area contributed by atoms with Crippen LogP contribution in [0, 0.1) is 18.6 Å². The lowest BCUT2D eigenvalue weighted by Crippen LogP contribution is -2.08. The van der Waals surface area contributed by atoms with Crippen LogP contribution in [-0.2, 0) is 20.9 Å². The SMILES string of the molecule is Cc1ccc(S(=O)(=O)OCc2ccc(F)c(Br)c2F)cc1. The lowest BCUT2D eigenvalue weighted by atomic mass is 10.2. The Hall–Kier alpha value is -1.31. The molecule has 0 amide bonds. The third-order valence-electron chi connectivity index (χ3n) is 2.79. The minimum absolute atomic E-state index is 0.0188. The molecular weight excluding hydrogens is 366 g/mol. The Bertz CT molecular complexity index is 759. The largest absolute Gasteiger partial charge is 0.297 e. The van der Waals surface area contributed by atoms with Crippen LogP contribution in [0.4, 0.5) is 8.78 Å². The van der Waals surface area contributed by atoms with Crippen molar-refractivity contribution < 1.29 is 21.4 Å². The number of hydrogen-bond acceptors (Lipinski definition) is 3. The van der Waals surface area contributed by atoms with E-state index < -0.39 is 28.4 Å². The standard InChI is InChI=1S/C14H11BrF2O3S/c1-9-2-5-11(6-3-9)21(18,19)20-8-10-4-7-12(16)13(15)14(10)17/h2-7H,8H2,1H3. The van der Waals surface area contributed by atoms with Gasteiger partial charge in [0, 0.05) is 5.56 Å². The molecule has 21 heavy (non-hydrogen) atoms. The van der Waals surface area contributed by atoms with Crippen LogP contribution < -0.4 is 0 Å². The van der Waals surface area contributed by atoms with Gasteiger partial charge in [0.25, 0.3) is 10.1 Å². The topological polar surface area (TPSA) is 43.4 Å². The number of aryl methyl sites for hydroxylation is 1. The molecule has 0 aliphatic rings. The third-order valence-corrected chi connectivity index (χ3v) is 4.80. The Kier molecular flexibility index (Phi) is 4.75. The van der Waals surface area contributed by atoms with Crippen molar-refractivity contribution >= 4 is 26.0 Å². The monoisotopic (exact) mass is 376 g/mol. The van der Waals surface area contributed by atoms with Crippen molar-refractivity contribution in [3.05, 3.63) is 63.6 Å². The van der Waals surface area contributed by atoms with E-state index in [1.807, 2.05) is 6.92 Å². The van der Waals surface area contributed by atoms with Crippen LogP contribution in [-0.4, -0.2) is 8.42 Å². The molecule has 0 saturated heterocycles. The molecule has 0 aliphatic carbocycles. The Morgan fingerprint density at radius 2 is 1.71 bits per heavy atom. The van der Waals surface area contributed by atoms with Crippen LogP contribution >= 0.6 is 15.9 Å². The fraction of sp³-hybridized carbons (Fsp3) is 0.143. The van der Waals surface area contributed by atoms with Crippen LogP contribution in [0.25, 0.3) is 0 Å². The highest BCUT2D eigenvalue weighted by atomic mass is 79.9. The predicted molar refractivity (Wildman–Crippen MR) is 77.2 cm³/mol. The average molecular weight is 377 g/mol. The Balaban J connectivity index is 2.19. The molecule has 0 N–H and O–H groups in total. The summed E-state index contributed by atoms with van der Waals surface area (Å²) in [5.41, 5.74) is 0.849. The van der Waals surface area contributed by atoms with Crippen LogP contribution in [0.2, 0.25) is 0 Å². The van der Waals surface area contributed by atoms with Gasteiger partial charge in [0.1, 0.15) is 11.6 Å². The minimum atomic E-state index is -3.99. The highest BCUT2D eigenvalue weighted by Crippen LogP contribution is 2.24. The maximum absolute atomic E-state index is 13.7. The second-order valence-electron chi connectivity index (χ2n) is 4.36. The molecule has 2 aromatic rings. The van der Waals surface area contributed by atoms with E-state index in [1.165, 1.54) is 12.1 Å². The number of halogens is 3. The molecule has 7 heteroatoms. The van der Waals surface area contributed by atoms with Gasteiger partial charge in [-0.1, -0.05) is 23.8 Å². The summed E-state index contributed by atoms with van der Waals surface area (Å²) in [5.74, 6) is -1.65. The zero-order chi connectivity index (χ0) is 15.6. The van der Waals surface area contributed by atoms with E-state index in [0.29, 0.717) is 0 Å². The van der Waals surface area contributed by atoms with E-state index in [0.717, 1.165) is 17.7 Å². The lowest BCUT2D eigenvalue weighted by Gasteiger charge is -2.08. The summed E-state index contributed by atoms with van der Waals surface area (Å²) in [7, 11) is -3.99. The second-order valence-corrected chi connectivity index (χ2v) is 6.77. The molecule has 0 unspecified atom stereocenters. The maximum Gasteiger partial charge on any atom is 0.297 e. The maximum atomic E-state index is 13.7. The van der Waals surface area contributed by atoms with E-state index >= 15 is 0 Å². The molecule has 0 bridgehead atoms. The first-order valence-corrected chi connectivity index (χ1v) is 8.10. The van der Waals surface area contributed by atoms with Gasteiger partial charge in [-0.15, -0.1) is 0 Å². The highest BCUT2D eigenvalue weighted by molar-refractivity contribution is 9.10. The molecule has 0 radical (unpaired) electrons. The summed E-state index contributed by atoms with van der Waals surface area (Å²) in [6.45, 7) is 1.31. The minimum Gasteiger partial charge on any atom is -0.261 e. The van der Waals surface area contributed by atoms with Crippen LogP contribution in [0.5, 0.6) is 0 Å². The van der Waals surface area contributed by atoms with Crippen LogP contribution in [0.1, 0.15) is 11.1 Å². The van der Waals surface area contributed by atoms with E-state index in [2.05, 4.69) is 15.9 Å². The molecule has 3 nitrogen and oxygen atoms in total. The zero-order valence-electron chi connectivity index (χ0n) is 10.9. The molecule has 0 fully saturated rings. The molecular formula is C14H11BrF2O3S. The first-order valence-electron chi connectivity index (χ1n) is 5.90. The van der Waals surface area contributed by atoms with Crippen molar-refractivity contribution in [3.63, 3.8) is 0 Å². The fourth-order valence-corrected chi connectivity index (χ4v) is 2.87. The highest BCUT2D eigenvalue weighted by Gasteiger charge is 2.18. The summed E-state index contributed by atoms with van der Waals surface area (Å²) in [6, 6.07) is 8.24. The van der Waals surface area contributed by atoms with Gasteiger partial charge in [0.2, 0.25) is 0 Å². The number of hydrogen-bond donors (Lipinski definition) is 0. The van der Waals surface area contributed by atoms with E-state index in [1.54, 1.807) is 12.1 Å². The molecule has 2 rings (SSSR count). The lowest BCUT2D eigenvalue weighted by molar-refractivity contribution is 0.301.